The molecule has 136 valence electrons. The van der Waals surface area contributed by atoms with Crippen molar-refractivity contribution >= 4 is 11.9 Å². The molecule has 2 aliphatic carbocycles. The number of nitrogens with zero attached hydrogens (tertiary/aromatic N) is 1. The predicted octanol–water partition coefficient (Wildman–Crippen LogP) is 3.95. The Balaban J connectivity index is 1.81. The summed E-state index contributed by atoms with van der Waals surface area (Å²) in [7, 11) is 0. The molecule has 1 amide bonds. The Kier molecular flexibility index (Phi) is 5.45. The van der Waals surface area contributed by atoms with Gasteiger partial charge in [0.2, 0.25) is 5.91 Å². The molecule has 2 saturated carbocycles. The first-order valence-corrected chi connectivity index (χ1v) is 9.58. The van der Waals surface area contributed by atoms with Crippen LogP contribution < -0.4 is 0 Å². The monoisotopic (exact) mass is 343 g/mol. The molecule has 1 N–H and O–H groups in total. The summed E-state index contributed by atoms with van der Waals surface area (Å²) < 4.78 is 0. The third-order valence-corrected chi connectivity index (χ3v) is 6.15. The minimum Gasteiger partial charge on any atom is -0.481 e. The molecule has 0 aromatic heterocycles. The van der Waals surface area contributed by atoms with Crippen LogP contribution in [0.25, 0.3) is 0 Å². The van der Waals surface area contributed by atoms with Gasteiger partial charge in [-0.2, -0.15) is 0 Å². The molecule has 3 rings (SSSR count). The lowest BCUT2D eigenvalue weighted by Gasteiger charge is -2.33. The van der Waals surface area contributed by atoms with Gasteiger partial charge in [0.15, 0.2) is 0 Å². The first-order valence-electron chi connectivity index (χ1n) is 9.58. The van der Waals surface area contributed by atoms with E-state index < -0.39 is 11.9 Å². The van der Waals surface area contributed by atoms with Crippen molar-refractivity contribution in [2.45, 2.75) is 58.5 Å². The summed E-state index contributed by atoms with van der Waals surface area (Å²) in [6.07, 6.45) is 4.65. The molecular formula is C21H29NO3. The molecule has 0 saturated heterocycles. The Morgan fingerprint density at radius 3 is 2.36 bits per heavy atom. The zero-order valence-corrected chi connectivity index (χ0v) is 15.2. The number of carbonyl (C=O) groups is 2. The number of carboxylic acid groups (broad SMARTS) is 1. The predicted molar refractivity (Wildman–Crippen MR) is 96.8 cm³/mol. The highest BCUT2D eigenvalue weighted by molar-refractivity contribution is 5.85. The van der Waals surface area contributed by atoms with E-state index in [1.165, 1.54) is 12.8 Å². The maximum Gasteiger partial charge on any atom is 0.307 e. The van der Waals surface area contributed by atoms with Crippen molar-refractivity contribution in [2.24, 2.45) is 23.7 Å². The van der Waals surface area contributed by atoms with Crippen molar-refractivity contribution in [3.05, 3.63) is 35.9 Å². The molecule has 0 bridgehead atoms. The van der Waals surface area contributed by atoms with Gasteiger partial charge in [0.1, 0.15) is 0 Å². The first kappa shape index (κ1) is 18.0. The lowest BCUT2D eigenvalue weighted by molar-refractivity contribution is -0.150. The Labute approximate surface area is 150 Å². The molecule has 0 spiro atoms. The summed E-state index contributed by atoms with van der Waals surface area (Å²) in [6, 6.07) is 10.2. The number of carbonyl (C=O) groups excluding carboxylic acids is 1. The number of carboxylic acids is 1. The molecule has 1 aromatic rings. The second-order valence-corrected chi connectivity index (χ2v) is 7.83. The van der Waals surface area contributed by atoms with Crippen molar-refractivity contribution in [1.82, 2.24) is 4.90 Å². The molecule has 2 fully saturated rings. The molecule has 2 unspecified atom stereocenters. The standard InChI is InChI=1S/C21H29NO3/c1-3-15-11-18(19(12-15)21(24)25)20(23)22(14(2)17-9-10-17)13-16-7-5-4-6-8-16/h4-8,14-15,17-19H,3,9-13H2,1-2H3,(H,24,25)/t14?,15?,18-,19+/m0/s1. The lowest BCUT2D eigenvalue weighted by atomic mass is 9.93. The minimum atomic E-state index is -0.812. The lowest BCUT2D eigenvalue weighted by Crippen LogP contribution is -2.44. The highest BCUT2D eigenvalue weighted by Gasteiger charge is 2.45. The summed E-state index contributed by atoms with van der Waals surface area (Å²) in [5.74, 6) is -0.738. The molecule has 25 heavy (non-hydrogen) atoms. The molecule has 1 aromatic carbocycles. The summed E-state index contributed by atoms with van der Waals surface area (Å²) >= 11 is 0. The van der Waals surface area contributed by atoms with Crippen molar-refractivity contribution in [2.75, 3.05) is 0 Å². The molecule has 0 radical (unpaired) electrons. The van der Waals surface area contributed by atoms with Gasteiger partial charge in [0, 0.05) is 12.6 Å². The number of hydrogen-bond donors (Lipinski definition) is 1. The summed E-state index contributed by atoms with van der Waals surface area (Å²) in [5.41, 5.74) is 1.11. The summed E-state index contributed by atoms with van der Waals surface area (Å²) in [5, 5.41) is 9.61. The maximum absolute atomic E-state index is 13.4. The Hall–Kier alpha value is -1.84. The van der Waals surface area contributed by atoms with Gasteiger partial charge in [-0.05, 0) is 50.0 Å². The van der Waals surface area contributed by atoms with Crippen LogP contribution >= 0.6 is 0 Å². The third-order valence-electron chi connectivity index (χ3n) is 6.15. The van der Waals surface area contributed by atoms with Crippen molar-refractivity contribution in [3.63, 3.8) is 0 Å². The van der Waals surface area contributed by atoms with Gasteiger partial charge in [-0.1, -0.05) is 43.7 Å². The quantitative estimate of drug-likeness (QED) is 0.815. The van der Waals surface area contributed by atoms with Crippen molar-refractivity contribution in [1.29, 1.82) is 0 Å². The number of benzene rings is 1. The van der Waals surface area contributed by atoms with E-state index in [0.717, 1.165) is 18.4 Å². The number of amides is 1. The molecular weight excluding hydrogens is 314 g/mol. The number of rotatable bonds is 7. The Morgan fingerprint density at radius 1 is 1.16 bits per heavy atom. The van der Waals surface area contributed by atoms with Gasteiger partial charge in [0.05, 0.1) is 11.8 Å². The van der Waals surface area contributed by atoms with E-state index in [0.29, 0.717) is 24.8 Å². The van der Waals surface area contributed by atoms with Crippen LogP contribution in [-0.2, 0) is 16.1 Å². The fraction of sp³-hybridized carbons (Fsp3) is 0.619. The highest BCUT2D eigenvalue weighted by atomic mass is 16.4. The molecule has 4 nitrogen and oxygen atoms in total. The fourth-order valence-corrected chi connectivity index (χ4v) is 4.27. The van der Waals surface area contributed by atoms with Crippen molar-refractivity contribution < 1.29 is 14.7 Å². The smallest absolute Gasteiger partial charge is 0.307 e. The van der Waals surface area contributed by atoms with Crippen LogP contribution in [0.2, 0.25) is 0 Å². The van der Waals surface area contributed by atoms with E-state index in [9.17, 15) is 14.7 Å². The van der Waals surface area contributed by atoms with Gasteiger partial charge in [-0.15, -0.1) is 0 Å². The van der Waals surface area contributed by atoms with E-state index in [1.807, 2.05) is 35.2 Å². The van der Waals surface area contributed by atoms with E-state index in [-0.39, 0.29) is 17.9 Å². The van der Waals surface area contributed by atoms with Gasteiger partial charge >= 0.3 is 5.97 Å². The molecule has 0 heterocycles. The molecule has 4 atom stereocenters. The average Bonchev–Trinajstić information content (AvgIpc) is 3.37. The van der Waals surface area contributed by atoms with Gasteiger partial charge in [0.25, 0.3) is 0 Å². The van der Waals surface area contributed by atoms with E-state index >= 15 is 0 Å². The molecule has 0 aliphatic heterocycles. The van der Waals surface area contributed by atoms with Crippen LogP contribution in [0.15, 0.2) is 30.3 Å². The van der Waals surface area contributed by atoms with E-state index in [2.05, 4.69) is 13.8 Å². The second-order valence-electron chi connectivity index (χ2n) is 7.83. The van der Waals surface area contributed by atoms with Crippen LogP contribution in [0.5, 0.6) is 0 Å². The van der Waals surface area contributed by atoms with Crippen molar-refractivity contribution in [3.8, 4) is 0 Å². The zero-order chi connectivity index (χ0) is 18.0. The molecule has 2 aliphatic rings. The second kappa shape index (κ2) is 7.59. The average molecular weight is 343 g/mol. The van der Waals surface area contributed by atoms with E-state index in [4.69, 9.17) is 0 Å². The van der Waals surface area contributed by atoms with Crippen LogP contribution in [0, 0.1) is 23.7 Å². The topological polar surface area (TPSA) is 57.6 Å². The highest BCUT2D eigenvalue weighted by Crippen LogP contribution is 2.42. The molecule has 4 heteroatoms. The van der Waals surface area contributed by atoms with Crippen LogP contribution in [0.4, 0.5) is 0 Å². The van der Waals surface area contributed by atoms with Crippen LogP contribution in [-0.4, -0.2) is 27.9 Å². The first-order chi connectivity index (χ1) is 12.0. The van der Waals surface area contributed by atoms with Gasteiger partial charge in [-0.3, -0.25) is 9.59 Å². The minimum absolute atomic E-state index is 0.0478. The van der Waals surface area contributed by atoms with Crippen LogP contribution in [0.1, 0.15) is 51.5 Å². The third kappa shape index (κ3) is 4.05. The zero-order valence-electron chi connectivity index (χ0n) is 15.2. The maximum atomic E-state index is 13.4. The van der Waals surface area contributed by atoms with Gasteiger partial charge < -0.3 is 10.0 Å². The Bertz CT molecular complexity index is 611. The summed E-state index contributed by atoms with van der Waals surface area (Å²) in [6.45, 7) is 4.79. The number of aliphatic carboxylic acids is 1. The SMILES string of the molecule is CCC1C[C@H](C(=O)N(Cc2ccccc2)C(C)C2CC2)[C@H](C(=O)O)C1. The largest absolute Gasteiger partial charge is 0.481 e. The summed E-state index contributed by atoms with van der Waals surface area (Å²) in [4.78, 5) is 27.0. The fourth-order valence-electron chi connectivity index (χ4n) is 4.27. The normalized spacial score (nSPS) is 27.0. The van der Waals surface area contributed by atoms with Gasteiger partial charge in [-0.25, -0.2) is 0 Å². The Morgan fingerprint density at radius 2 is 1.80 bits per heavy atom. The van der Waals surface area contributed by atoms with Crippen LogP contribution in [0.3, 0.4) is 0 Å². The number of hydrogen-bond acceptors (Lipinski definition) is 2. The van der Waals surface area contributed by atoms with E-state index in [1.54, 1.807) is 0 Å².